The Morgan fingerprint density at radius 1 is 1.31 bits per heavy atom. The number of carbonyl (C=O) groups excluding carboxylic acids is 1. The van der Waals surface area contributed by atoms with Gasteiger partial charge in [0.05, 0.1) is 5.25 Å². The quantitative estimate of drug-likeness (QED) is 0.754. The lowest BCUT2D eigenvalue weighted by Crippen LogP contribution is -2.30. The highest BCUT2D eigenvalue weighted by atomic mass is 32.2. The van der Waals surface area contributed by atoms with Gasteiger partial charge in [-0.25, -0.2) is 0 Å². The topological polar surface area (TPSA) is 20.3 Å². The molecule has 1 aliphatic carbocycles. The third kappa shape index (κ3) is 3.16. The molecule has 92 valence electrons. The van der Waals surface area contributed by atoms with E-state index < -0.39 is 0 Å². The van der Waals surface area contributed by atoms with Crippen LogP contribution < -0.4 is 0 Å². The van der Waals surface area contributed by atoms with Crippen molar-refractivity contribution >= 4 is 17.7 Å². The maximum atomic E-state index is 12.0. The first-order valence-corrected chi connectivity index (χ1v) is 7.44. The molecule has 0 bridgehead atoms. The van der Waals surface area contributed by atoms with Gasteiger partial charge < -0.3 is 4.90 Å². The van der Waals surface area contributed by atoms with Crippen molar-refractivity contribution in [2.24, 2.45) is 5.41 Å². The van der Waals surface area contributed by atoms with Gasteiger partial charge in [0, 0.05) is 12.6 Å². The lowest BCUT2D eigenvalue weighted by Gasteiger charge is -2.19. The van der Waals surface area contributed by atoms with Gasteiger partial charge in [0.1, 0.15) is 0 Å². The van der Waals surface area contributed by atoms with Gasteiger partial charge in [-0.1, -0.05) is 20.8 Å². The summed E-state index contributed by atoms with van der Waals surface area (Å²) in [6, 6.07) is 0.612. The number of amides is 1. The molecule has 1 saturated carbocycles. The third-order valence-electron chi connectivity index (χ3n) is 3.35. The predicted molar refractivity (Wildman–Crippen MR) is 69.7 cm³/mol. The van der Waals surface area contributed by atoms with Crippen molar-refractivity contribution in [3.8, 4) is 0 Å². The molecule has 0 aromatic carbocycles. The van der Waals surface area contributed by atoms with Crippen LogP contribution in [0.2, 0.25) is 0 Å². The normalized spacial score (nSPS) is 26.6. The molecule has 3 heteroatoms. The van der Waals surface area contributed by atoms with Crippen molar-refractivity contribution in [1.29, 1.82) is 0 Å². The lowest BCUT2D eigenvalue weighted by atomic mass is 9.94. The van der Waals surface area contributed by atoms with E-state index in [1.807, 2.05) is 11.8 Å². The number of rotatable bonds is 4. The molecule has 1 aliphatic heterocycles. The molecule has 0 radical (unpaired) electrons. The summed E-state index contributed by atoms with van der Waals surface area (Å²) in [6.45, 7) is 7.80. The minimum atomic E-state index is 0.267. The Labute approximate surface area is 103 Å². The average molecular weight is 241 g/mol. The molecule has 0 N–H and O–H groups in total. The van der Waals surface area contributed by atoms with Crippen molar-refractivity contribution in [2.75, 3.05) is 12.3 Å². The van der Waals surface area contributed by atoms with Gasteiger partial charge in [0.2, 0.25) is 5.91 Å². The molecule has 1 saturated heterocycles. The molecule has 2 rings (SSSR count). The molecule has 0 spiro atoms. The van der Waals surface area contributed by atoms with Crippen molar-refractivity contribution in [1.82, 2.24) is 4.90 Å². The van der Waals surface area contributed by atoms with E-state index in [0.29, 0.717) is 17.4 Å². The highest BCUT2D eigenvalue weighted by Gasteiger charge is 2.40. The summed E-state index contributed by atoms with van der Waals surface area (Å²) in [7, 11) is 0. The fourth-order valence-electron chi connectivity index (χ4n) is 2.09. The Morgan fingerprint density at radius 3 is 2.56 bits per heavy atom. The van der Waals surface area contributed by atoms with Crippen LogP contribution in [0.5, 0.6) is 0 Å². The second-order valence-electron chi connectivity index (χ2n) is 6.22. The van der Waals surface area contributed by atoms with E-state index in [2.05, 4.69) is 25.7 Å². The van der Waals surface area contributed by atoms with E-state index in [9.17, 15) is 4.79 Å². The van der Waals surface area contributed by atoms with Crippen LogP contribution in [0.1, 0.15) is 46.5 Å². The maximum Gasteiger partial charge on any atom is 0.236 e. The van der Waals surface area contributed by atoms with E-state index in [1.165, 1.54) is 19.3 Å². The van der Waals surface area contributed by atoms with Crippen LogP contribution in [-0.2, 0) is 4.79 Å². The standard InChI is InChI=1S/C13H23NOS/c1-13(2,3)7-9-16-11-6-8-14(12(11)15)10-4-5-10/h10-11H,4-9H2,1-3H3/t11-/m0/s1. The first-order valence-electron chi connectivity index (χ1n) is 6.39. The number of hydrogen-bond acceptors (Lipinski definition) is 2. The van der Waals surface area contributed by atoms with Gasteiger partial charge in [0.25, 0.3) is 0 Å². The predicted octanol–water partition coefficient (Wildman–Crippen LogP) is 2.92. The smallest absolute Gasteiger partial charge is 0.236 e. The van der Waals surface area contributed by atoms with Gasteiger partial charge in [0.15, 0.2) is 0 Å². The fraction of sp³-hybridized carbons (Fsp3) is 0.923. The molecule has 0 aromatic rings. The van der Waals surface area contributed by atoms with Gasteiger partial charge in [-0.3, -0.25) is 4.79 Å². The zero-order valence-corrected chi connectivity index (χ0v) is 11.5. The molecular formula is C13H23NOS. The monoisotopic (exact) mass is 241 g/mol. The molecule has 0 unspecified atom stereocenters. The molecule has 0 aromatic heterocycles. The van der Waals surface area contributed by atoms with Crippen LogP contribution in [0.15, 0.2) is 0 Å². The SMILES string of the molecule is CC(C)(C)CCS[C@H]1CCN(C2CC2)C1=O. The maximum absolute atomic E-state index is 12.0. The van der Waals surface area contributed by atoms with E-state index in [0.717, 1.165) is 18.7 Å². The summed E-state index contributed by atoms with van der Waals surface area (Å²) in [4.78, 5) is 14.2. The van der Waals surface area contributed by atoms with Crippen LogP contribution in [0.25, 0.3) is 0 Å². The van der Waals surface area contributed by atoms with E-state index in [4.69, 9.17) is 0 Å². The van der Waals surface area contributed by atoms with Crippen LogP contribution >= 0.6 is 11.8 Å². The second-order valence-corrected chi connectivity index (χ2v) is 7.53. The van der Waals surface area contributed by atoms with E-state index >= 15 is 0 Å². The summed E-state index contributed by atoms with van der Waals surface area (Å²) in [6.07, 6.45) is 4.76. The molecule has 1 amide bonds. The molecule has 1 heterocycles. The molecule has 16 heavy (non-hydrogen) atoms. The number of thioether (sulfide) groups is 1. The summed E-state index contributed by atoms with van der Waals surface area (Å²) >= 11 is 1.88. The van der Waals surface area contributed by atoms with Crippen LogP contribution in [-0.4, -0.2) is 34.4 Å². The largest absolute Gasteiger partial charge is 0.339 e. The molecular weight excluding hydrogens is 218 g/mol. The van der Waals surface area contributed by atoms with Gasteiger partial charge in [-0.15, -0.1) is 11.8 Å². The Hall–Kier alpha value is -0.180. The average Bonchev–Trinajstić information content (AvgIpc) is 2.93. The Kier molecular flexibility index (Phi) is 3.53. The lowest BCUT2D eigenvalue weighted by molar-refractivity contribution is -0.127. The first-order chi connectivity index (χ1) is 7.47. The minimum absolute atomic E-state index is 0.267. The van der Waals surface area contributed by atoms with Gasteiger partial charge in [-0.2, -0.15) is 0 Å². The number of likely N-dealkylation sites (tertiary alicyclic amines) is 1. The summed E-state index contributed by atoms with van der Waals surface area (Å²) in [5.74, 6) is 1.54. The van der Waals surface area contributed by atoms with Crippen LogP contribution in [0, 0.1) is 5.41 Å². The summed E-state index contributed by atoms with van der Waals surface area (Å²) in [5.41, 5.74) is 0.394. The van der Waals surface area contributed by atoms with Crippen molar-refractivity contribution in [3.63, 3.8) is 0 Å². The zero-order chi connectivity index (χ0) is 11.8. The summed E-state index contributed by atoms with van der Waals surface area (Å²) in [5, 5.41) is 0.267. The Morgan fingerprint density at radius 2 is 2.00 bits per heavy atom. The third-order valence-corrected chi connectivity index (χ3v) is 4.63. The molecule has 2 nitrogen and oxygen atoms in total. The number of hydrogen-bond donors (Lipinski definition) is 0. The summed E-state index contributed by atoms with van der Waals surface area (Å²) < 4.78 is 0. The number of nitrogens with zero attached hydrogens (tertiary/aromatic N) is 1. The molecule has 2 fully saturated rings. The van der Waals surface area contributed by atoms with E-state index in [-0.39, 0.29) is 5.25 Å². The second kappa shape index (κ2) is 4.59. The van der Waals surface area contributed by atoms with Crippen LogP contribution in [0.4, 0.5) is 0 Å². The molecule has 2 aliphatic rings. The highest BCUT2D eigenvalue weighted by molar-refractivity contribution is 8.00. The van der Waals surface area contributed by atoms with Crippen LogP contribution in [0.3, 0.4) is 0 Å². The van der Waals surface area contributed by atoms with Crippen molar-refractivity contribution < 1.29 is 4.79 Å². The Bertz CT molecular complexity index is 268. The van der Waals surface area contributed by atoms with Gasteiger partial charge >= 0.3 is 0 Å². The van der Waals surface area contributed by atoms with Gasteiger partial charge in [-0.05, 0) is 36.9 Å². The van der Waals surface area contributed by atoms with Crippen molar-refractivity contribution in [3.05, 3.63) is 0 Å². The first kappa shape index (κ1) is 12.3. The fourth-order valence-corrected chi connectivity index (χ4v) is 3.65. The van der Waals surface area contributed by atoms with Crippen molar-refractivity contribution in [2.45, 2.75) is 57.7 Å². The minimum Gasteiger partial charge on any atom is -0.339 e. The zero-order valence-electron chi connectivity index (χ0n) is 10.7. The highest BCUT2D eigenvalue weighted by Crippen LogP contribution is 2.35. The molecule has 1 atom stereocenters. The number of carbonyl (C=O) groups is 1. The van der Waals surface area contributed by atoms with E-state index in [1.54, 1.807) is 0 Å². The Balaban J connectivity index is 1.72.